The van der Waals surface area contributed by atoms with Gasteiger partial charge in [-0.3, -0.25) is 4.79 Å². The maximum Gasteiger partial charge on any atom is 0.194 e. The number of halogens is 2. The fraction of sp³-hybridized carbons (Fsp3) is 0.0714. The average molecular weight is 309 g/mol. The van der Waals surface area contributed by atoms with E-state index < -0.39 is 5.82 Å². The van der Waals surface area contributed by atoms with Crippen molar-refractivity contribution in [2.24, 2.45) is 0 Å². The molecular formula is C14H10BrFO2. The first kappa shape index (κ1) is 12.8. The Kier molecular flexibility index (Phi) is 3.77. The van der Waals surface area contributed by atoms with E-state index in [1.165, 1.54) is 18.2 Å². The van der Waals surface area contributed by atoms with Gasteiger partial charge >= 0.3 is 0 Å². The van der Waals surface area contributed by atoms with Crippen molar-refractivity contribution < 1.29 is 13.9 Å². The number of benzene rings is 2. The van der Waals surface area contributed by atoms with Gasteiger partial charge in [0.15, 0.2) is 5.78 Å². The number of ether oxygens (including phenoxy) is 1. The molecule has 0 aliphatic carbocycles. The molecule has 0 bridgehead atoms. The van der Waals surface area contributed by atoms with Gasteiger partial charge in [-0.05, 0) is 46.3 Å². The third-order valence-corrected chi connectivity index (χ3v) is 3.16. The smallest absolute Gasteiger partial charge is 0.194 e. The first-order valence-electron chi connectivity index (χ1n) is 5.25. The molecule has 0 aliphatic rings. The largest absolute Gasteiger partial charge is 0.497 e. The lowest BCUT2D eigenvalue weighted by Crippen LogP contribution is -2.03. The molecule has 0 N–H and O–H groups in total. The van der Waals surface area contributed by atoms with Gasteiger partial charge in [0.25, 0.3) is 0 Å². The summed E-state index contributed by atoms with van der Waals surface area (Å²) in [5.74, 6) is -0.00724. The molecule has 92 valence electrons. The summed E-state index contributed by atoms with van der Waals surface area (Å²) in [6, 6.07) is 10.7. The molecule has 18 heavy (non-hydrogen) atoms. The Hall–Kier alpha value is -1.68. The van der Waals surface area contributed by atoms with Gasteiger partial charge in [0.2, 0.25) is 0 Å². The minimum Gasteiger partial charge on any atom is -0.497 e. The van der Waals surface area contributed by atoms with Crippen LogP contribution in [0.3, 0.4) is 0 Å². The van der Waals surface area contributed by atoms with Crippen LogP contribution in [-0.4, -0.2) is 12.9 Å². The normalized spacial score (nSPS) is 10.2. The van der Waals surface area contributed by atoms with Crippen molar-refractivity contribution in [3.05, 3.63) is 63.9 Å². The van der Waals surface area contributed by atoms with Gasteiger partial charge in [-0.15, -0.1) is 0 Å². The van der Waals surface area contributed by atoms with E-state index >= 15 is 0 Å². The van der Waals surface area contributed by atoms with E-state index in [0.717, 1.165) is 0 Å². The van der Waals surface area contributed by atoms with Gasteiger partial charge in [-0.25, -0.2) is 4.39 Å². The van der Waals surface area contributed by atoms with Crippen LogP contribution in [0.2, 0.25) is 0 Å². The fourth-order valence-corrected chi connectivity index (χ4v) is 2.13. The number of carbonyl (C=O) groups excluding carboxylic acids is 1. The zero-order valence-electron chi connectivity index (χ0n) is 9.61. The van der Waals surface area contributed by atoms with E-state index in [4.69, 9.17) is 4.74 Å². The Morgan fingerprint density at radius 3 is 2.61 bits per heavy atom. The van der Waals surface area contributed by atoms with Crippen molar-refractivity contribution in [3.8, 4) is 5.75 Å². The van der Waals surface area contributed by atoms with E-state index in [0.29, 0.717) is 21.3 Å². The topological polar surface area (TPSA) is 26.3 Å². The predicted octanol–water partition coefficient (Wildman–Crippen LogP) is 3.83. The summed E-state index contributed by atoms with van der Waals surface area (Å²) in [4.78, 5) is 12.2. The van der Waals surface area contributed by atoms with Crippen LogP contribution >= 0.6 is 15.9 Å². The average Bonchev–Trinajstić information content (AvgIpc) is 2.37. The van der Waals surface area contributed by atoms with Crippen LogP contribution < -0.4 is 4.74 Å². The highest BCUT2D eigenvalue weighted by atomic mass is 79.9. The molecule has 0 spiro atoms. The number of hydrogen-bond donors (Lipinski definition) is 0. The van der Waals surface area contributed by atoms with E-state index in [1.807, 2.05) is 0 Å². The molecule has 4 heteroatoms. The lowest BCUT2D eigenvalue weighted by molar-refractivity contribution is 0.103. The van der Waals surface area contributed by atoms with Crippen LogP contribution in [0.1, 0.15) is 15.9 Å². The second-order valence-corrected chi connectivity index (χ2v) is 4.54. The van der Waals surface area contributed by atoms with Crippen molar-refractivity contribution >= 4 is 21.7 Å². The highest BCUT2D eigenvalue weighted by Gasteiger charge is 2.13. The molecule has 0 saturated carbocycles. The van der Waals surface area contributed by atoms with E-state index in [2.05, 4.69) is 15.9 Å². The van der Waals surface area contributed by atoms with Crippen molar-refractivity contribution in [2.45, 2.75) is 0 Å². The molecule has 2 rings (SSSR count). The molecule has 0 aliphatic heterocycles. The van der Waals surface area contributed by atoms with Crippen LogP contribution in [0, 0.1) is 5.82 Å². The molecule has 0 fully saturated rings. The Morgan fingerprint density at radius 1 is 1.22 bits per heavy atom. The van der Waals surface area contributed by atoms with E-state index in [1.54, 1.807) is 31.4 Å². The number of carbonyl (C=O) groups is 1. The van der Waals surface area contributed by atoms with Crippen molar-refractivity contribution in [1.29, 1.82) is 0 Å². The van der Waals surface area contributed by atoms with Gasteiger partial charge < -0.3 is 4.74 Å². The molecule has 0 saturated heterocycles. The summed E-state index contributed by atoms with van der Waals surface area (Å²) >= 11 is 3.31. The van der Waals surface area contributed by atoms with Gasteiger partial charge in [-0.1, -0.05) is 12.1 Å². The Balaban J connectivity index is 2.40. The molecule has 0 amide bonds. The monoisotopic (exact) mass is 308 g/mol. The van der Waals surface area contributed by atoms with Crippen molar-refractivity contribution in [3.63, 3.8) is 0 Å². The molecule has 2 nitrogen and oxygen atoms in total. The Bertz CT molecular complexity index is 596. The van der Waals surface area contributed by atoms with Crippen LogP contribution in [0.25, 0.3) is 0 Å². The summed E-state index contributed by atoms with van der Waals surface area (Å²) in [5.41, 5.74) is 0.794. The highest BCUT2D eigenvalue weighted by Crippen LogP contribution is 2.25. The second kappa shape index (κ2) is 5.31. The summed E-state index contributed by atoms with van der Waals surface area (Å²) in [5, 5.41) is 0. The number of ketones is 1. The molecule has 0 atom stereocenters. The molecule has 0 unspecified atom stereocenters. The van der Waals surface area contributed by atoms with E-state index in [9.17, 15) is 9.18 Å². The number of rotatable bonds is 3. The molecule has 0 aromatic heterocycles. The minimum absolute atomic E-state index is 0.232. The maximum absolute atomic E-state index is 13.1. The SMILES string of the molecule is COc1ccc(C(=O)c2cccc(F)c2)c(Br)c1. The molecule has 0 heterocycles. The number of methoxy groups -OCH3 is 1. The van der Waals surface area contributed by atoms with Gasteiger partial charge in [0.1, 0.15) is 11.6 Å². The molecular weight excluding hydrogens is 299 g/mol. The fourth-order valence-electron chi connectivity index (χ4n) is 1.59. The first-order valence-corrected chi connectivity index (χ1v) is 6.05. The molecule has 0 radical (unpaired) electrons. The maximum atomic E-state index is 13.1. The molecule has 2 aromatic carbocycles. The van der Waals surface area contributed by atoms with Gasteiger partial charge in [-0.2, -0.15) is 0 Å². The van der Waals surface area contributed by atoms with Gasteiger partial charge in [0, 0.05) is 15.6 Å². The van der Waals surface area contributed by atoms with E-state index in [-0.39, 0.29) is 5.78 Å². The lowest BCUT2D eigenvalue weighted by Gasteiger charge is -2.06. The van der Waals surface area contributed by atoms with Crippen molar-refractivity contribution in [2.75, 3.05) is 7.11 Å². The van der Waals surface area contributed by atoms with Crippen molar-refractivity contribution in [1.82, 2.24) is 0 Å². The predicted molar refractivity (Wildman–Crippen MR) is 70.5 cm³/mol. The third-order valence-electron chi connectivity index (χ3n) is 2.51. The second-order valence-electron chi connectivity index (χ2n) is 3.69. The summed E-state index contributed by atoms with van der Waals surface area (Å²) < 4.78 is 18.8. The van der Waals surface area contributed by atoms with Gasteiger partial charge in [0.05, 0.1) is 7.11 Å². The van der Waals surface area contributed by atoms with Crippen LogP contribution in [0.5, 0.6) is 5.75 Å². The van der Waals surface area contributed by atoms with Crippen LogP contribution in [0.4, 0.5) is 4.39 Å². The van der Waals surface area contributed by atoms with Crippen LogP contribution in [0.15, 0.2) is 46.9 Å². The summed E-state index contributed by atoms with van der Waals surface area (Å²) in [6.07, 6.45) is 0. The number of hydrogen-bond acceptors (Lipinski definition) is 2. The standard InChI is InChI=1S/C14H10BrFO2/c1-18-11-5-6-12(13(15)8-11)14(17)9-3-2-4-10(16)7-9/h2-8H,1H3. The minimum atomic E-state index is -0.425. The molecule has 2 aromatic rings. The van der Waals surface area contributed by atoms with Crippen LogP contribution in [-0.2, 0) is 0 Å². The zero-order valence-corrected chi connectivity index (χ0v) is 11.2. The lowest BCUT2D eigenvalue weighted by atomic mass is 10.0. The quantitative estimate of drug-likeness (QED) is 0.806. The first-order chi connectivity index (χ1) is 8.61. The Morgan fingerprint density at radius 2 is 2.00 bits per heavy atom. The zero-order chi connectivity index (χ0) is 13.1. The Labute approximate surface area is 113 Å². The highest BCUT2D eigenvalue weighted by molar-refractivity contribution is 9.10. The third kappa shape index (κ3) is 2.59. The summed E-state index contributed by atoms with van der Waals surface area (Å²) in [7, 11) is 1.55. The summed E-state index contributed by atoms with van der Waals surface area (Å²) in [6.45, 7) is 0.